The van der Waals surface area contributed by atoms with Gasteiger partial charge < -0.3 is 0 Å². The van der Waals surface area contributed by atoms with Crippen LogP contribution in [0.15, 0.2) is 23.2 Å². The van der Waals surface area contributed by atoms with Gasteiger partial charge in [-0.05, 0) is 0 Å². The molecule has 0 radical (unpaired) electrons. The van der Waals surface area contributed by atoms with Gasteiger partial charge in [-0.15, -0.1) is 0 Å². The van der Waals surface area contributed by atoms with Crippen LogP contribution in [0.2, 0.25) is 0 Å². The zero-order valence-corrected chi connectivity index (χ0v) is 20.4. The molecule has 0 aliphatic carbocycles. The molecule has 2 aliphatic heterocycles. The number of benzene rings is 1. The number of methoxy groups -OCH3 is 2. The van der Waals surface area contributed by atoms with Gasteiger partial charge in [0.2, 0.25) is 0 Å². The Morgan fingerprint density at radius 3 is 2.17 bits per heavy atom. The Labute approximate surface area is 180 Å². The Bertz CT molecular complexity index is 932. The predicted octanol–water partition coefficient (Wildman–Crippen LogP) is 4.96. The van der Waals surface area contributed by atoms with E-state index in [2.05, 4.69) is 53.7 Å². The molecule has 2 heterocycles. The van der Waals surface area contributed by atoms with Crippen LogP contribution in [0, 0.1) is 12.8 Å². The van der Waals surface area contributed by atoms with Gasteiger partial charge in [0.25, 0.3) is 0 Å². The summed E-state index contributed by atoms with van der Waals surface area (Å²) in [5.74, 6) is 0.0250. The van der Waals surface area contributed by atoms with Crippen molar-refractivity contribution in [1.29, 1.82) is 0 Å². The standard InChI is InChI=1S/C24H35O5P/c1-14(2)18-11-17(6)21(19(12-18)15(3)4)30(10-9-16(5)13-30)22(24(26)28-8)20(29-30)23(25)27-7/h11-12,14-16H,9-10,13H2,1-8H3. The first-order valence-electron chi connectivity index (χ1n) is 10.8. The molecule has 0 saturated carbocycles. The van der Waals surface area contributed by atoms with Gasteiger partial charge in [0.05, 0.1) is 0 Å². The molecule has 0 amide bonds. The second-order valence-electron chi connectivity index (χ2n) is 9.55. The molecule has 1 spiro atoms. The molecule has 1 atom stereocenters. The summed E-state index contributed by atoms with van der Waals surface area (Å²) < 4.78 is 16.8. The molecule has 2 aliphatic rings. The van der Waals surface area contributed by atoms with Crippen LogP contribution in [-0.2, 0) is 23.6 Å². The monoisotopic (exact) mass is 434 g/mol. The summed E-state index contributed by atoms with van der Waals surface area (Å²) in [5, 5.41) is 1.60. The number of carbonyl (C=O) groups excluding carboxylic acids is 2. The fourth-order valence-corrected chi connectivity index (χ4v) is 12.9. The number of aryl methyl sites for hydroxylation is 1. The van der Waals surface area contributed by atoms with E-state index in [4.69, 9.17) is 14.0 Å². The van der Waals surface area contributed by atoms with Gasteiger partial charge >= 0.3 is 180 Å². The molecule has 0 N–H and O–H groups in total. The summed E-state index contributed by atoms with van der Waals surface area (Å²) >= 11 is 0. The van der Waals surface area contributed by atoms with Gasteiger partial charge in [0.15, 0.2) is 0 Å². The van der Waals surface area contributed by atoms with Crippen molar-refractivity contribution in [3.8, 4) is 0 Å². The molecule has 1 aromatic rings. The number of hydrogen-bond donors (Lipinski definition) is 0. The first-order valence-corrected chi connectivity index (χ1v) is 13.3. The van der Waals surface area contributed by atoms with Gasteiger partial charge in [0, 0.05) is 0 Å². The van der Waals surface area contributed by atoms with Crippen molar-refractivity contribution in [2.45, 2.75) is 59.8 Å². The summed E-state index contributed by atoms with van der Waals surface area (Å²) in [7, 11) is 2.68. The molecule has 1 unspecified atom stereocenters. The van der Waals surface area contributed by atoms with Gasteiger partial charge in [-0.2, -0.15) is 0 Å². The van der Waals surface area contributed by atoms with Crippen molar-refractivity contribution in [2.24, 2.45) is 5.92 Å². The van der Waals surface area contributed by atoms with Gasteiger partial charge in [-0.3, -0.25) is 0 Å². The van der Waals surface area contributed by atoms with E-state index in [1.807, 2.05) is 0 Å². The van der Waals surface area contributed by atoms with Crippen molar-refractivity contribution in [3.05, 3.63) is 39.9 Å². The summed E-state index contributed by atoms with van der Waals surface area (Å²) in [6.45, 7) is 9.72. The van der Waals surface area contributed by atoms with Crippen LogP contribution in [0.1, 0.15) is 69.6 Å². The molecule has 1 fully saturated rings. The summed E-state index contributed by atoms with van der Waals surface area (Å²) in [4.78, 5) is 25.6. The average Bonchev–Trinajstić information content (AvgIpc) is 3.04. The SMILES string of the molecule is COC(=O)C1=C(C(=O)OC)P2(c3c(C)cc(C(C)C)cc3C(C)C)(CCC(C)C2)O1. The fourth-order valence-electron chi connectivity index (χ4n) is 5.43. The van der Waals surface area contributed by atoms with Crippen LogP contribution < -0.4 is 5.30 Å². The molecule has 1 saturated heterocycles. The van der Waals surface area contributed by atoms with Gasteiger partial charge in [-0.1, -0.05) is 0 Å². The van der Waals surface area contributed by atoms with Crippen LogP contribution in [-0.4, -0.2) is 38.5 Å². The Morgan fingerprint density at radius 2 is 1.70 bits per heavy atom. The number of rotatable bonds is 5. The third kappa shape index (κ3) is 3.09. The van der Waals surface area contributed by atoms with Gasteiger partial charge in [0.1, 0.15) is 0 Å². The van der Waals surface area contributed by atoms with Crippen molar-refractivity contribution < 1.29 is 23.6 Å². The molecule has 30 heavy (non-hydrogen) atoms. The summed E-state index contributed by atoms with van der Waals surface area (Å²) in [5.41, 5.74) is 3.64. The zero-order chi connectivity index (χ0) is 22.5. The number of ether oxygens (including phenoxy) is 2. The van der Waals surface area contributed by atoms with Crippen LogP contribution in [0.4, 0.5) is 0 Å². The molecule has 0 bridgehead atoms. The topological polar surface area (TPSA) is 61.8 Å². The predicted molar refractivity (Wildman–Crippen MR) is 122 cm³/mol. The third-order valence-corrected chi connectivity index (χ3v) is 13.0. The normalized spacial score (nSPS) is 23.0. The van der Waals surface area contributed by atoms with E-state index in [1.54, 1.807) is 0 Å². The summed E-state index contributed by atoms with van der Waals surface area (Å²) in [6, 6.07) is 4.50. The first kappa shape index (κ1) is 22.8. The van der Waals surface area contributed by atoms with E-state index in [-0.39, 0.29) is 11.7 Å². The fraction of sp³-hybridized carbons (Fsp3) is 0.583. The second-order valence-corrected chi connectivity index (χ2v) is 14.3. The summed E-state index contributed by atoms with van der Waals surface area (Å²) in [6.07, 6.45) is 2.48. The quantitative estimate of drug-likeness (QED) is 0.484. The molecular weight excluding hydrogens is 399 g/mol. The minimum absolute atomic E-state index is 0.0400. The molecule has 5 nitrogen and oxygen atoms in total. The van der Waals surface area contributed by atoms with E-state index < -0.39 is 18.8 Å². The maximum absolute atomic E-state index is 13.1. The Balaban J connectivity index is 2.42. The molecule has 6 heteroatoms. The van der Waals surface area contributed by atoms with Crippen molar-refractivity contribution >= 4 is 24.1 Å². The molecule has 166 valence electrons. The van der Waals surface area contributed by atoms with Crippen molar-refractivity contribution in [3.63, 3.8) is 0 Å². The number of carbonyl (C=O) groups is 2. The van der Waals surface area contributed by atoms with E-state index >= 15 is 0 Å². The Kier molecular flexibility index (Phi) is 5.83. The van der Waals surface area contributed by atoms with E-state index in [0.717, 1.165) is 29.6 Å². The molecule has 0 aromatic heterocycles. The van der Waals surface area contributed by atoms with E-state index in [9.17, 15) is 9.59 Å². The van der Waals surface area contributed by atoms with Crippen LogP contribution >= 0.6 is 6.83 Å². The van der Waals surface area contributed by atoms with E-state index in [0.29, 0.717) is 17.2 Å². The maximum atomic E-state index is 13.1. The Hall–Kier alpha value is -1.87. The van der Waals surface area contributed by atoms with Crippen LogP contribution in [0.3, 0.4) is 0 Å². The second kappa shape index (κ2) is 7.67. The molecular formula is C24H35O5P. The zero-order valence-electron chi connectivity index (χ0n) is 19.5. The number of hydrogen-bond acceptors (Lipinski definition) is 5. The van der Waals surface area contributed by atoms with Crippen LogP contribution in [0.25, 0.3) is 0 Å². The third-order valence-electron chi connectivity index (χ3n) is 6.75. The first-order chi connectivity index (χ1) is 14.0. The average molecular weight is 435 g/mol. The minimum atomic E-state index is -3.34. The molecule has 3 rings (SSSR count). The van der Waals surface area contributed by atoms with Crippen molar-refractivity contribution in [2.75, 3.05) is 26.5 Å². The number of esters is 2. The molecule has 1 aromatic carbocycles. The van der Waals surface area contributed by atoms with Crippen molar-refractivity contribution in [1.82, 2.24) is 0 Å². The Morgan fingerprint density at radius 1 is 1.07 bits per heavy atom. The van der Waals surface area contributed by atoms with Crippen LogP contribution in [0.5, 0.6) is 0 Å². The van der Waals surface area contributed by atoms with E-state index in [1.165, 1.54) is 25.3 Å². The van der Waals surface area contributed by atoms with Gasteiger partial charge in [-0.25, -0.2) is 0 Å².